The summed E-state index contributed by atoms with van der Waals surface area (Å²) in [6, 6.07) is 0. The van der Waals surface area contributed by atoms with E-state index in [1.54, 1.807) is 0 Å². The number of allylic oxidation sites excluding steroid dienone is 12. The van der Waals surface area contributed by atoms with E-state index in [1.165, 1.54) is 44.9 Å². The molecule has 3 unspecified atom stereocenters. The molecule has 0 fully saturated rings. The smallest absolute Gasteiger partial charge is 0.462 e. The van der Waals surface area contributed by atoms with Crippen molar-refractivity contribution in [3.05, 3.63) is 72.9 Å². The van der Waals surface area contributed by atoms with Crippen LogP contribution >= 0.6 is 7.82 Å². The number of carbonyl (C=O) groups is 2. The lowest BCUT2D eigenvalue weighted by Crippen LogP contribution is -2.29. The zero-order valence-corrected chi connectivity index (χ0v) is 33.6. The van der Waals surface area contributed by atoms with E-state index < -0.39 is 51.8 Å². The Hall–Kier alpha value is -2.59. The molecule has 3 N–H and O–H groups in total. The molecule has 0 aliphatic rings. The summed E-state index contributed by atoms with van der Waals surface area (Å²) in [5.74, 6) is -1.04. The summed E-state index contributed by atoms with van der Waals surface area (Å²) in [5.41, 5.74) is 0. The lowest BCUT2D eigenvalue weighted by atomic mass is 10.1. The number of phosphoric ester groups is 1. The molecule has 0 spiro atoms. The topological polar surface area (TPSA) is 149 Å². The highest BCUT2D eigenvalue weighted by Gasteiger charge is 2.27. The van der Waals surface area contributed by atoms with Crippen molar-refractivity contribution in [2.24, 2.45) is 0 Å². The lowest BCUT2D eigenvalue weighted by molar-refractivity contribution is -0.161. The van der Waals surface area contributed by atoms with Crippen LogP contribution in [0.2, 0.25) is 0 Å². The molecule has 11 heteroatoms. The van der Waals surface area contributed by atoms with Crippen LogP contribution in [-0.2, 0) is 32.7 Å². The molecule has 0 amide bonds. The Morgan fingerprint density at radius 1 is 0.585 bits per heavy atom. The van der Waals surface area contributed by atoms with Crippen molar-refractivity contribution in [1.29, 1.82) is 0 Å². The number of ether oxygens (including phenoxy) is 2. The Morgan fingerprint density at radius 3 is 1.64 bits per heavy atom. The third-order valence-corrected chi connectivity index (χ3v) is 8.81. The van der Waals surface area contributed by atoms with Gasteiger partial charge in [-0.2, -0.15) is 0 Å². The van der Waals surface area contributed by atoms with Gasteiger partial charge in [0.25, 0.3) is 0 Å². The van der Waals surface area contributed by atoms with Gasteiger partial charge < -0.3 is 24.6 Å². The monoisotopic (exact) mass is 766 g/mol. The van der Waals surface area contributed by atoms with Crippen molar-refractivity contribution < 1.29 is 47.8 Å². The van der Waals surface area contributed by atoms with E-state index in [0.717, 1.165) is 57.8 Å². The number of unbranched alkanes of at least 4 members (excludes halogenated alkanes) is 10. The molecule has 0 heterocycles. The Bertz CT molecular complexity index is 1110. The molecule has 0 aromatic heterocycles. The van der Waals surface area contributed by atoms with Crippen LogP contribution in [0.3, 0.4) is 0 Å². The van der Waals surface area contributed by atoms with Gasteiger partial charge in [0.2, 0.25) is 0 Å². The number of carbonyl (C=O) groups excluding carboxylic acids is 2. The minimum atomic E-state index is -4.64. The average Bonchev–Trinajstić information content (AvgIpc) is 3.14. The van der Waals surface area contributed by atoms with Gasteiger partial charge in [-0.25, -0.2) is 4.57 Å². The molecule has 0 aliphatic heterocycles. The number of phosphoric acid groups is 1. The van der Waals surface area contributed by atoms with Crippen LogP contribution in [0.25, 0.3) is 0 Å². The van der Waals surface area contributed by atoms with Gasteiger partial charge in [0.1, 0.15) is 12.7 Å². The second-order valence-corrected chi connectivity index (χ2v) is 14.4. The fraction of sp³-hybridized carbons (Fsp3) is 0.667. The first-order valence-corrected chi connectivity index (χ1v) is 21.4. The Labute approximate surface area is 320 Å². The van der Waals surface area contributed by atoms with E-state index in [1.807, 2.05) is 12.2 Å². The fourth-order valence-corrected chi connectivity index (χ4v) is 5.59. The van der Waals surface area contributed by atoms with Gasteiger partial charge in [0.05, 0.1) is 19.8 Å². The summed E-state index contributed by atoms with van der Waals surface area (Å²) in [6.07, 6.45) is 41.7. The quantitative estimate of drug-likeness (QED) is 0.0243. The van der Waals surface area contributed by atoms with Crippen LogP contribution in [0.15, 0.2) is 72.9 Å². The number of aliphatic hydroxyl groups is 2. The van der Waals surface area contributed by atoms with Crippen molar-refractivity contribution in [1.82, 2.24) is 0 Å². The molecule has 0 saturated heterocycles. The van der Waals surface area contributed by atoms with E-state index in [0.29, 0.717) is 12.8 Å². The predicted molar refractivity (Wildman–Crippen MR) is 214 cm³/mol. The van der Waals surface area contributed by atoms with Crippen LogP contribution in [0, 0.1) is 0 Å². The first-order chi connectivity index (χ1) is 25.7. The van der Waals surface area contributed by atoms with Gasteiger partial charge in [-0.3, -0.25) is 18.6 Å². The first-order valence-electron chi connectivity index (χ1n) is 19.9. The summed E-state index contributed by atoms with van der Waals surface area (Å²) >= 11 is 0. The molecule has 0 saturated carbocycles. The molecular weight excluding hydrogens is 695 g/mol. The summed E-state index contributed by atoms with van der Waals surface area (Å²) in [5, 5.41) is 18.3. The van der Waals surface area contributed by atoms with Gasteiger partial charge in [0.15, 0.2) is 6.10 Å². The zero-order chi connectivity index (χ0) is 39.1. The maximum atomic E-state index is 12.5. The predicted octanol–water partition coefficient (Wildman–Crippen LogP) is 10.1. The third-order valence-electron chi connectivity index (χ3n) is 7.86. The normalized spacial score (nSPS) is 14.7. The third kappa shape index (κ3) is 37.5. The van der Waals surface area contributed by atoms with Gasteiger partial charge in [-0.1, -0.05) is 132 Å². The Balaban J connectivity index is 4.44. The summed E-state index contributed by atoms with van der Waals surface area (Å²) in [4.78, 5) is 34.8. The fourth-order valence-electron chi connectivity index (χ4n) is 4.80. The van der Waals surface area contributed by atoms with Crippen molar-refractivity contribution in [2.45, 2.75) is 154 Å². The van der Waals surface area contributed by atoms with Gasteiger partial charge in [-0.15, -0.1) is 0 Å². The molecule has 3 atom stereocenters. The van der Waals surface area contributed by atoms with E-state index in [4.69, 9.17) is 19.1 Å². The Kier molecular flexibility index (Phi) is 35.9. The molecule has 53 heavy (non-hydrogen) atoms. The maximum absolute atomic E-state index is 12.5. The largest absolute Gasteiger partial charge is 0.472 e. The minimum Gasteiger partial charge on any atom is -0.462 e. The van der Waals surface area contributed by atoms with Crippen molar-refractivity contribution >= 4 is 19.8 Å². The van der Waals surface area contributed by atoms with E-state index >= 15 is 0 Å². The molecule has 0 rings (SSSR count). The van der Waals surface area contributed by atoms with E-state index in [-0.39, 0.29) is 19.4 Å². The Morgan fingerprint density at radius 2 is 1.08 bits per heavy atom. The van der Waals surface area contributed by atoms with Gasteiger partial charge >= 0.3 is 19.8 Å². The van der Waals surface area contributed by atoms with E-state index in [2.05, 4.69) is 79.1 Å². The van der Waals surface area contributed by atoms with Crippen LogP contribution in [0.5, 0.6) is 0 Å². The second-order valence-electron chi connectivity index (χ2n) is 12.9. The molecule has 10 nitrogen and oxygen atoms in total. The van der Waals surface area contributed by atoms with Crippen LogP contribution in [-0.4, -0.2) is 65.7 Å². The van der Waals surface area contributed by atoms with Crippen molar-refractivity contribution in [3.8, 4) is 0 Å². The first kappa shape index (κ1) is 50.4. The standard InChI is InChI=1S/C42H71O10P/c1-3-5-7-9-11-13-15-17-18-19-20-22-23-25-27-29-31-33-41(45)49-37-40(38-51-53(47,48)50-36-39(44)35-43)52-42(46)34-32-30-28-26-24-21-16-14-12-10-8-6-4-2/h6,8,11-14,17-18,21,24,28,30,39-40,43-44H,3-5,7,9-10,15-16,19-20,22-23,25-27,29,31-38H2,1-2H3,(H,47,48)/b8-6-,13-11-,14-12-,18-17-,24-21-,30-28-. The molecule has 0 aromatic carbocycles. The number of hydrogen-bond donors (Lipinski definition) is 3. The average molecular weight is 767 g/mol. The zero-order valence-electron chi connectivity index (χ0n) is 32.7. The molecule has 0 aromatic rings. The van der Waals surface area contributed by atoms with Gasteiger partial charge in [-0.05, 0) is 70.6 Å². The number of rotatable bonds is 36. The molecule has 0 bridgehead atoms. The highest BCUT2D eigenvalue weighted by atomic mass is 31.2. The van der Waals surface area contributed by atoms with Crippen molar-refractivity contribution in [3.63, 3.8) is 0 Å². The SMILES string of the molecule is CC/C=C\C/C=C\C/C=C\C/C=C\CCC(=O)OC(COC(=O)CCCCCCCCC/C=C\C/C=C\CCCCC)COP(=O)(O)OCC(O)CO. The van der Waals surface area contributed by atoms with Crippen molar-refractivity contribution in [2.75, 3.05) is 26.4 Å². The van der Waals surface area contributed by atoms with Crippen LogP contribution in [0.1, 0.15) is 142 Å². The van der Waals surface area contributed by atoms with Crippen LogP contribution in [0.4, 0.5) is 0 Å². The maximum Gasteiger partial charge on any atom is 0.472 e. The lowest BCUT2D eigenvalue weighted by Gasteiger charge is -2.20. The molecule has 304 valence electrons. The molecule has 0 radical (unpaired) electrons. The number of esters is 2. The number of aliphatic hydroxyl groups excluding tert-OH is 2. The highest BCUT2D eigenvalue weighted by Crippen LogP contribution is 2.43. The summed E-state index contributed by atoms with van der Waals surface area (Å²) in [6.45, 7) is 2.12. The van der Waals surface area contributed by atoms with Gasteiger partial charge in [0, 0.05) is 12.8 Å². The molecule has 0 aliphatic carbocycles. The highest BCUT2D eigenvalue weighted by molar-refractivity contribution is 7.47. The number of hydrogen-bond acceptors (Lipinski definition) is 9. The summed E-state index contributed by atoms with van der Waals surface area (Å²) in [7, 11) is -4.64. The second kappa shape index (κ2) is 37.7. The van der Waals surface area contributed by atoms with Crippen LogP contribution < -0.4 is 0 Å². The minimum absolute atomic E-state index is 0.0577. The van der Waals surface area contributed by atoms with E-state index in [9.17, 15) is 24.2 Å². The molecular formula is C42H71O10P. The summed E-state index contributed by atoms with van der Waals surface area (Å²) < 4.78 is 32.5.